The molecule has 0 saturated carbocycles. The van der Waals surface area contributed by atoms with E-state index in [1.165, 1.54) is 11.3 Å². The highest BCUT2D eigenvalue weighted by Gasteiger charge is 2.12. The molecule has 0 spiro atoms. The van der Waals surface area contributed by atoms with E-state index in [1.807, 2.05) is 31.2 Å². The van der Waals surface area contributed by atoms with E-state index in [2.05, 4.69) is 21.2 Å². The van der Waals surface area contributed by atoms with E-state index in [1.54, 1.807) is 6.26 Å². The minimum atomic E-state index is -0.0419. The molecule has 2 heterocycles. The molecule has 1 atom stereocenters. The molecule has 2 aromatic rings. The topological polar surface area (TPSA) is 42.2 Å². The number of thiophene rings is 1. The number of carbonyl (C=O) groups is 1. The first-order valence-electron chi connectivity index (χ1n) is 5.24. The Bertz CT molecular complexity index is 492. The third kappa shape index (κ3) is 3.44. The van der Waals surface area contributed by atoms with Crippen molar-refractivity contribution in [1.29, 1.82) is 0 Å². The molecule has 3 nitrogen and oxygen atoms in total. The summed E-state index contributed by atoms with van der Waals surface area (Å²) in [5, 5.41) is 2.94. The first kappa shape index (κ1) is 12.4. The molecule has 0 aliphatic heterocycles. The Morgan fingerprint density at radius 2 is 2.35 bits per heavy atom. The molecule has 1 amide bonds. The highest BCUT2D eigenvalue weighted by molar-refractivity contribution is 9.11. The monoisotopic (exact) mass is 313 g/mol. The molecule has 0 aliphatic carbocycles. The van der Waals surface area contributed by atoms with E-state index >= 15 is 0 Å². The zero-order valence-electron chi connectivity index (χ0n) is 9.27. The molecule has 0 bridgehead atoms. The summed E-state index contributed by atoms with van der Waals surface area (Å²) >= 11 is 4.77. The summed E-state index contributed by atoms with van der Waals surface area (Å²) in [6.45, 7) is 1.96. The average Bonchev–Trinajstić information content (AvgIpc) is 2.89. The van der Waals surface area contributed by atoms with Crippen LogP contribution in [0.1, 0.15) is 22.4 Å². The van der Waals surface area contributed by atoms with Crippen molar-refractivity contribution in [1.82, 2.24) is 5.32 Å². The minimum absolute atomic E-state index is 0.0419. The van der Waals surface area contributed by atoms with E-state index in [9.17, 15) is 4.79 Å². The van der Waals surface area contributed by atoms with Crippen molar-refractivity contribution < 1.29 is 9.21 Å². The fraction of sp³-hybridized carbons (Fsp3) is 0.250. The van der Waals surface area contributed by atoms with Crippen LogP contribution in [0.15, 0.2) is 38.7 Å². The number of hydrogen-bond acceptors (Lipinski definition) is 3. The Morgan fingerprint density at radius 3 is 2.94 bits per heavy atom. The van der Waals surface area contributed by atoms with Crippen molar-refractivity contribution in [3.05, 3.63) is 45.0 Å². The van der Waals surface area contributed by atoms with Gasteiger partial charge in [-0.3, -0.25) is 4.79 Å². The van der Waals surface area contributed by atoms with E-state index in [0.29, 0.717) is 11.3 Å². The maximum Gasteiger partial charge on any atom is 0.261 e. The smallest absolute Gasteiger partial charge is 0.261 e. The summed E-state index contributed by atoms with van der Waals surface area (Å²) in [5.74, 6) is 0.838. The van der Waals surface area contributed by atoms with Crippen LogP contribution in [0.4, 0.5) is 0 Å². The number of hydrogen-bond donors (Lipinski definition) is 1. The number of amides is 1. The molecule has 0 fully saturated rings. The minimum Gasteiger partial charge on any atom is -0.469 e. The van der Waals surface area contributed by atoms with Crippen molar-refractivity contribution in [2.45, 2.75) is 19.4 Å². The first-order valence-corrected chi connectivity index (χ1v) is 6.84. The van der Waals surface area contributed by atoms with Gasteiger partial charge in [0.2, 0.25) is 0 Å². The van der Waals surface area contributed by atoms with Gasteiger partial charge in [0.25, 0.3) is 5.91 Å². The second-order valence-electron chi connectivity index (χ2n) is 3.76. The number of furan rings is 1. The Balaban J connectivity index is 1.90. The van der Waals surface area contributed by atoms with Crippen LogP contribution in [0.3, 0.4) is 0 Å². The summed E-state index contributed by atoms with van der Waals surface area (Å²) in [7, 11) is 0. The lowest BCUT2D eigenvalue weighted by atomic mass is 10.2. The Kier molecular flexibility index (Phi) is 4.02. The quantitative estimate of drug-likeness (QED) is 0.939. The zero-order valence-corrected chi connectivity index (χ0v) is 11.7. The average molecular weight is 314 g/mol. The van der Waals surface area contributed by atoms with Gasteiger partial charge < -0.3 is 9.73 Å². The molecule has 2 aromatic heterocycles. The normalized spacial score (nSPS) is 12.4. The number of rotatable bonds is 4. The summed E-state index contributed by atoms with van der Waals surface area (Å²) < 4.78 is 6.20. The van der Waals surface area contributed by atoms with Crippen molar-refractivity contribution in [2.75, 3.05) is 0 Å². The summed E-state index contributed by atoms with van der Waals surface area (Å²) in [5.41, 5.74) is 0. The molecular formula is C12H12BrNO2S. The van der Waals surface area contributed by atoms with Crippen LogP contribution in [-0.2, 0) is 6.42 Å². The summed E-state index contributed by atoms with van der Waals surface area (Å²) in [4.78, 5) is 12.6. The van der Waals surface area contributed by atoms with Gasteiger partial charge >= 0.3 is 0 Å². The second kappa shape index (κ2) is 5.51. The van der Waals surface area contributed by atoms with Crippen LogP contribution in [0, 0.1) is 0 Å². The lowest BCUT2D eigenvalue weighted by molar-refractivity contribution is 0.0943. The van der Waals surface area contributed by atoms with Gasteiger partial charge in [0.15, 0.2) is 0 Å². The van der Waals surface area contributed by atoms with Gasteiger partial charge in [0, 0.05) is 12.5 Å². The van der Waals surface area contributed by atoms with Crippen LogP contribution in [0.5, 0.6) is 0 Å². The predicted molar refractivity (Wildman–Crippen MR) is 71.4 cm³/mol. The number of nitrogens with one attached hydrogen (secondary N) is 1. The largest absolute Gasteiger partial charge is 0.469 e. The third-order valence-electron chi connectivity index (χ3n) is 2.26. The molecule has 17 heavy (non-hydrogen) atoms. The number of carbonyl (C=O) groups excluding carboxylic acids is 1. The fourth-order valence-corrected chi connectivity index (χ4v) is 2.80. The van der Waals surface area contributed by atoms with Crippen LogP contribution in [0.2, 0.25) is 0 Å². The van der Waals surface area contributed by atoms with Gasteiger partial charge in [-0.2, -0.15) is 0 Å². The maximum atomic E-state index is 11.8. The van der Waals surface area contributed by atoms with Crippen molar-refractivity contribution in [3.8, 4) is 0 Å². The maximum absolute atomic E-state index is 11.8. The highest BCUT2D eigenvalue weighted by atomic mass is 79.9. The van der Waals surface area contributed by atoms with Crippen molar-refractivity contribution >= 4 is 33.2 Å². The second-order valence-corrected chi connectivity index (χ2v) is 6.22. The van der Waals surface area contributed by atoms with Gasteiger partial charge in [-0.1, -0.05) is 0 Å². The summed E-state index contributed by atoms with van der Waals surface area (Å²) in [6, 6.07) is 7.49. The first-order chi connectivity index (χ1) is 8.15. The third-order valence-corrected chi connectivity index (χ3v) is 3.88. The SMILES string of the molecule is C[C@@H](Cc1ccco1)NC(=O)c1ccc(Br)s1. The van der Waals surface area contributed by atoms with Crippen molar-refractivity contribution in [3.63, 3.8) is 0 Å². The molecule has 1 N–H and O–H groups in total. The van der Waals surface area contributed by atoms with E-state index in [0.717, 1.165) is 9.55 Å². The van der Waals surface area contributed by atoms with Gasteiger partial charge in [0.05, 0.1) is 14.9 Å². The van der Waals surface area contributed by atoms with E-state index in [4.69, 9.17) is 4.42 Å². The van der Waals surface area contributed by atoms with Crippen LogP contribution >= 0.6 is 27.3 Å². The van der Waals surface area contributed by atoms with Gasteiger partial charge in [0.1, 0.15) is 5.76 Å². The molecule has 0 aliphatic rings. The number of halogens is 1. The predicted octanol–water partition coefficient (Wildman–Crippen LogP) is 3.46. The molecule has 0 aromatic carbocycles. The molecule has 5 heteroatoms. The molecule has 2 rings (SSSR count). The lowest BCUT2D eigenvalue weighted by Crippen LogP contribution is -2.33. The highest BCUT2D eigenvalue weighted by Crippen LogP contribution is 2.22. The Hall–Kier alpha value is -1.07. The van der Waals surface area contributed by atoms with Crippen LogP contribution in [-0.4, -0.2) is 11.9 Å². The molecular weight excluding hydrogens is 302 g/mol. The van der Waals surface area contributed by atoms with Gasteiger partial charge in [-0.25, -0.2) is 0 Å². The van der Waals surface area contributed by atoms with E-state index in [-0.39, 0.29) is 11.9 Å². The fourth-order valence-electron chi connectivity index (χ4n) is 1.51. The zero-order chi connectivity index (χ0) is 12.3. The van der Waals surface area contributed by atoms with Crippen molar-refractivity contribution in [2.24, 2.45) is 0 Å². The molecule has 0 radical (unpaired) electrons. The molecule has 0 unspecified atom stereocenters. The van der Waals surface area contributed by atoms with Gasteiger partial charge in [-0.15, -0.1) is 11.3 Å². The molecule has 0 saturated heterocycles. The summed E-state index contributed by atoms with van der Waals surface area (Å²) in [6.07, 6.45) is 2.34. The molecule has 90 valence electrons. The Labute approximate surface area is 112 Å². The standard InChI is InChI=1S/C12H12BrNO2S/c1-8(7-9-3-2-6-16-9)14-12(15)10-4-5-11(13)17-10/h2-6,8H,7H2,1H3,(H,14,15)/t8-/m0/s1. The lowest BCUT2D eigenvalue weighted by Gasteiger charge is -2.11. The van der Waals surface area contributed by atoms with Crippen LogP contribution < -0.4 is 5.32 Å². The van der Waals surface area contributed by atoms with Crippen LogP contribution in [0.25, 0.3) is 0 Å². The van der Waals surface area contributed by atoms with E-state index < -0.39 is 0 Å². The Morgan fingerprint density at radius 1 is 1.53 bits per heavy atom. The van der Waals surface area contributed by atoms with Gasteiger partial charge in [-0.05, 0) is 47.1 Å².